The lowest BCUT2D eigenvalue weighted by Crippen LogP contribution is -2.48. The monoisotopic (exact) mass is 299 g/mol. The molecule has 0 aromatic carbocycles. The van der Waals surface area contributed by atoms with Crippen molar-refractivity contribution in [2.24, 2.45) is 5.73 Å². The lowest BCUT2D eigenvalue weighted by atomic mass is 9.74. The van der Waals surface area contributed by atoms with Crippen molar-refractivity contribution < 1.29 is 4.79 Å². The highest BCUT2D eigenvalue weighted by atomic mass is 79.9. The van der Waals surface area contributed by atoms with Gasteiger partial charge >= 0.3 is 0 Å². The van der Waals surface area contributed by atoms with E-state index >= 15 is 0 Å². The molecule has 0 aliphatic heterocycles. The van der Waals surface area contributed by atoms with Crippen LogP contribution in [0.5, 0.6) is 0 Å². The standard InChI is InChI=1S/C12H18BrN3O/c1-2-6-16-11(9(13)8-15-16)10(17)7-12(14)4-3-5-12/h8H,2-7,14H2,1H3. The molecule has 2 rings (SSSR count). The van der Waals surface area contributed by atoms with Gasteiger partial charge in [0.1, 0.15) is 5.69 Å². The number of aryl methyl sites for hydroxylation is 1. The summed E-state index contributed by atoms with van der Waals surface area (Å²) >= 11 is 3.39. The number of carbonyl (C=O) groups excluding carboxylic acids is 1. The zero-order valence-corrected chi connectivity index (χ0v) is 11.7. The van der Waals surface area contributed by atoms with E-state index in [1.165, 1.54) is 0 Å². The van der Waals surface area contributed by atoms with Gasteiger partial charge in [-0.1, -0.05) is 6.92 Å². The average Bonchev–Trinajstić information content (AvgIpc) is 2.58. The molecular weight excluding hydrogens is 282 g/mol. The average molecular weight is 300 g/mol. The van der Waals surface area contributed by atoms with Crippen LogP contribution in [0.4, 0.5) is 0 Å². The van der Waals surface area contributed by atoms with Gasteiger partial charge in [0.2, 0.25) is 0 Å². The van der Waals surface area contributed by atoms with Crippen LogP contribution in [0.15, 0.2) is 10.7 Å². The van der Waals surface area contributed by atoms with E-state index in [0.717, 1.165) is 36.7 Å². The Morgan fingerprint density at radius 1 is 1.65 bits per heavy atom. The Morgan fingerprint density at radius 3 is 2.88 bits per heavy atom. The first-order chi connectivity index (χ1) is 8.06. The van der Waals surface area contributed by atoms with E-state index in [1.54, 1.807) is 10.9 Å². The van der Waals surface area contributed by atoms with Gasteiger partial charge < -0.3 is 5.73 Å². The predicted molar refractivity (Wildman–Crippen MR) is 69.9 cm³/mol. The maximum Gasteiger partial charge on any atom is 0.183 e. The maximum atomic E-state index is 12.3. The number of nitrogens with zero attached hydrogens (tertiary/aromatic N) is 2. The van der Waals surface area contributed by atoms with Gasteiger partial charge in [0.05, 0.1) is 10.7 Å². The molecular formula is C12H18BrN3O. The summed E-state index contributed by atoms with van der Waals surface area (Å²) in [5.41, 5.74) is 6.52. The number of hydrogen-bond acceptors (Lipinski definition) is 3. The normalized spacial score (nSPS) is 17.8. The van der Waals surface area contributed by atoms with Gasteiger partial charge in [-0.15, -0.1) is 0 Å². The molecule has 5 heteroatoms. The molecule has 0 spiro atoms. The molecule has 1 heterocycles. The van der Waals surface area contributed by atoms with Crippen molar-refractivity contribution in [3.8, 4) is 0 Å². The molecule has 94 valence electrons. The highest BCUT2D eigenvalue weighted by Crippen LogP contribution is 2.34. The van der Waals surface area contributed by atoms with E-state index in [1.807, 2.05) is 0 Å². The number of Topliss-reactive ketones (excluding diaryl/α,β-unsaturated/α-hetero) is 1. The minimum Gasteiger partial charge on any atom is -0.325 e. The third-order valence-corrected chi connectivity index (χ3v) is 3.94. The summed E-state index contributed by atoms with van der Waals surface area (Å²) in [4.78, 5) is 12.3. The van der Waals surface area contributed by atoms with Gasteiger partial charge in [0.25, 0.3) is 0 Å². The fourth-order valence-electron chi connectivity index (χ4n) is 2.23. The van der Waals surface area contributed by atoms with E-state index in [-0.39, 0.29) is 11.3 Å². The third kappa shape index (κ3) is 2.60. The fourth-order valence-corrected chi connectivity index (χ4v) is 2.75. The van der Waals surface area contributed by atoms with Gasteiger partial charge in [-0.25, -0.2) is 0 Å². The Morgan fingerprint density at radius 2 is 2.35 bits per heavy atom. The van der Waals surface area contributed by atoms with Crippen LogP contribution in [0.2, 0.25) is 0 Å². The molecule has 2 N–H and O–H groups in total. The molecule has 0 atom stereocenters. The fraction of sp³-hybridized carbons (Fsp3) is 0.667. The van der Waals surface area contributed by atoms with Crippen molar-refractivity contribution in [3.05, 3.63) is 16.4 Å². The molecule has 0 radical (unpaired) electrons. The van der Waals surface area contributed by atoms with Crippen LogP contribution in [-0.2, 0) is 6.54 Å². The molecule has 4 nitrogen and oxygen atoms in total. The second-order valence-electron chi connectivity index (χ2n) is 4.88. The van der Waals surface area contributed by atoms with Gasteiger partial charge in [-0.2, -0.15) is 5.10 Å². The van der Waals surface area contributed by atoms with Crippen molar-refractivity contribution in [3.63, 3.8) is 0 Å². The van der Waals surface area contributed by atoms with Crippen LogP contribution in [0.3, 0.4) is 0 Å². The largest absolute Gasteiger partial charge is 0.325 e. The van der Waals surface area contributed by atoms with Crippen molar-refractivity contribution in [2.75, 3.05) is 0 Å². The van der Waals surface area contributed by atoms with Gasteiger partial charge in [0, 0.05) is 18.5 Å². The molecule has 0 amide bonds. The molecule has 1 aliphatic carbocycles. The second kappa shape index (κ2) is 4.90. The summed E-state index contributed by atoms with van der Waals surface area (Å²) in [5, 5.41) is 4.21. The zero-order chi connectivity index (χ0) is 12.5. The molecule has 0 saturated heterocycles. The number of nitrogens with two attached hydrogens (primary N) is 1. The van der Waals surface area contributed by atoms with Crippen LogP contribution in [0.25, 0.3) is 0 Å². The molecule has 1 fully saturated rings. The van der Waals surface area contributed by atoms with E-state index in [2.05, 4.69) is 28.0 Å². The Kier molecular flexibility index (Phi) is 3.68. The summed E-state index contributed by atoms with van der Waals surface area (Å²) in [5.74, 6) is 0.102. The van der Waals surface area contributed by atoms with Crippen molar-refractivity contribution in [2.45, 2.75) is 51.1 Å². The highest BCUT2D eigenvalue weighted by Gasteiger charge is 2.36. The SMILES string of the molecule is CCCn1ncc(Br)c1C(=O)CC1(N)CCC1. The molecule has 0 unspecified atom stereocenters. The topological polar surface area (TPSA) is 60.9 Å². The molecule has 1 saturated carbocycles. The predicted octanol–water partition coefficient (Wildman–Crippen LogP) is 2.51. The number of carbonyl (C=O) groups is 1. The number of halogens is 1. The van der Waals surface area contributed by atoms with Crippen LogP contribution in [0.1, 0.15) is 49.5 Å². The molecule has 1 aromatic heterocycles. The highest BCUT2D eigenvalue weighted by molar-refractivity contribution is 9.10. The number of aromatic nitrogens is 2. The van der Waals surface area contributed by atoms with Crippen molar-refractivity contribution in [1.82, 2.24) is 9.78 Å². The van der Waals surface area contributed by atoms with Crippen LogP contribution < -0.4 is 5.73 Å². The number of hydrogen-bond donors (Lipinski definition) is 1. The first-order valence-corrected chi connectivity index (χ1v) is 6.88. The first kappa shape index (κ1) is 12.8. The van der Waals surface area contributed by atoms with Gasteiger partial charge in [0.15, 0.2) is 5.78 Å². The summed E-state index contributed by atoms with van der Waals surface area (Å²) in [7, 11) is 0. The lowest BCUT2D eigenvalue weighted by molar-refractivity contribution is 0.0900. The summed E-state index contributed by atoms with van der Waals surface area (Å²) in [6.07, 6.45) is 6.13. The van der Waals surface area contributed by atoms with Crippen molar-refractivity contribution >= 4 is 21.7 Å². The Labute approximate surface area is 110 Å². The van der Waals surface area contributed by atoms with E-state index in [0.29, 0.717) is 12.1 Å². The molecule has 1 aliphatic rings. The van der Waals surface area contributed by atoms with Gasteiger partial charge in [-0.05, 0) is 41.6 Å². The molecule has 0 bridgehead atoms. The lowest BCUT2D eigenvalue weighted by Gasteiger charge is -2.37. The zero-order valence-electron chi connectivity index (χ0n) is 10.1. The van der Waals surface area contributed by atoms with Crippen LogP contribution in [0, 0.1) is 0 Å². The van der Waals surface area contributed by atoms with E-state index in [4.69, 9.17) is 5.73 Å². The van der Waals surface area contributed by atoms with Crippen LogP contribution >= 0.6 is 15.9 Å². The maximum absolute atomic E-state index is 12.3. The minimum atomic E-state index is -0.266. The van der Waals surface area contributed by atoms with Gasteiger partial charge in [-0.3, -0.25) is 9.48 Å². The Bertz CT molecular complexity index is 423. The third-order valence-electron chi connectivity index (χ3n) is 3.36. The first-order valence-electron chi connectivity index (χ1n) is 6.09. The molecule has 1 aromatic rings. The second-order valence-corrected chi connectivity index (χ2v) is 5.73. The van der Waals surface area contributed by atoms with E-state index in [9.17, 15) is 4.79 Å². The Hall–Kier alpha value is -0.680. The summed E-state index contributed by atoms with van der Waals surface area (Å²) in [6, 6.07) is 0. The summed E-state index contributed by atoms with van der Waals surface area (Å²) < 4.78 is 2.55. The van der Waals surface area contributed by atoms with Crippen molar-refractivity contribution in [1.29, 1.82) is 0 Å². The molecule has 17 heavy (non-hydrogen) atoms. The summed E-state index contributed by atoms with van der Waals surface area (Å²) in [6.45, 7) is 2.84. The minimum absolute atomic E-state index is 0.102. The smallest absolute Gasteiger partial charge is 0.183 e. The van der Waals surface area contributed by atoms with Crippen LogP contribution in [-0.4, -0.2) is 21.1 Å². The number of ketones is 1. The van der Waals surface area contributed by atoms with E-state index < -0.39 is 0 Å². The quantitative estimate of drug-likeness (QED) is 0.850. The number of rotatable bonds is 5. The Balaban J connectivity index is 2.15.